The number of carbonyl (C=O) groups excluding carboxylic acids is 2. The van der Waals surface area contributed by atoms with Crippen LogP contribution in [0.15, 0.2) is 78.9 Å². The number of piperidine rings is 1. The van der Waals surface area contributed by atoms with Gasteiger partial charge in [0.2, 0.25) is 0 Å². The van der Waals surface area contributed by atoms with Crippen molar-refractivity contribution in [1.82, 2.24) is 15.1 Å². The van der Waals surface area contributed by atoms with Crippen LogP contribution in [-0.2, 0) is 23.1 Å². The van der Waals surface area contributed by atoms with Crippen LogP contribution in [0.25, 0.3) is 5.69 Å². The van der Waals surface area contributed by atoms with Crippen LogP contribution in [0.1, 0.15) is 73.9 Å². The summed E-state index contributed by atoms with van der Waals surface area (Å²) in [4.78, 5) is 27.4. The van der Waals surface area contributed by atoms with Crippen LogP contribution in [0, 0.1) is 18.8 Å². The van der Waals surface area contributed by atoms with Gasteiger partial charge in [0, 0.05) is 29.0 Å². The second-order valence-electron chi connectivity index (χ2n) is 13.8. The molecule has 2 aliphatic rings. The highest BCUT2D eigenvalue weighted by atomic mass is 16.2. The monoisotopic (exact) mass is 603 g/mol. The molecular formula is C38H45N5O2. The number of benzene rings is 3. The first kappa shape index (κ1) is 30.8. The van der Waals surface area contributed by atoms with Gasteiger partial charge in [-0.15, -0.1) is 0 Å². The Morgan fingerprint density at radius 2 is 1.58 bits per heavy atom. The molecule has 6 rings (SSSR count). The van der Waals surface area contributed by atoms with E-state index in [9.17, 15) is 9.59 Å². The first-order chi connectivity index (χ1) is 21.7. The van der Waals surface area contributed by atoms with Gasteiger partial charge in [0.05, 0.1) is 11.4 Å². The molecule has 4 aromatic rings. The highest BCUT2D eigenvalue weighted by Gasteiger charge is 2.36. The number of fused-ring (bicyclic) bond motifs is 1. The number of aromatic nitrogens is 2. The molecule has 1 aliphatic carbocycles. The number of nitrogens with one attached hydrogen (secondary N) is 3. The molecule has 2 amide bonds. The van der Waals surface area contributed by atoms with Gasteiger partial charge in [-0.25, -0.2) is 9.48 Å². The minimum Gasteiger partial charge on any atom is -0.317 e. The summed E-state index contributed by atoms with van der Waals surface area (Å²) in [6.07, 6.45) is 4.68. The van der Waals surface area contributed by atoms with E-state index in [1.165, 1.54) is 11.1 Å². The average Bonchev–Trinajstić information content (AvgIpc) is 3.47. The summed E-state index contributed by atoms with van der Waals surface area (Å²) in [5.41, 5.74) is 7.16. The topological polar surface area (TPSA) is 88.1 Å². The van der Waals surface area contributed by atoms with Gasteiger partial charge in [-0.1, -0.05) is 74.9 Å². The lowest BCUT2D eigenvalue weighted by molar-refractivity contribution is -0.126. The van der Waals surface area contributed by atoms with Gasteiger partial charge in [0.1, 0.15) is 11.6 Å². The van der Waals surface area contributed by atoms with E-state index in [0.717, 1.165) is 67.7 Å². The van der Waals surface area contributed by atoms with E-state index in [0.29, 0.717) is 23.2 Å². The van der Waals surface area contributed by atoms with E-state index in [1.807, 2.05) is 61.5 Å². The molecule has 0 radical (unpaired) electrons. The molecule has 7 heteroatoms. The van der Waals surface area contributed by atoms with E-state index in [2.05, 4.69) is 61.0 Å². The maximum absolute atomic E-state index is 14.2. The summed E-state index contributed by atoms with van der Waals surface area (Å²) in [5.74, 6) is 1.19. The standard InChI is InChI=1S/C38H45N5O2/c1-25-9-17-32(18-10-25)43-34(24-33(42-43)38(2,3)4)41-37(45)40-31-15-13-27(14-16-31)35(28-19-21-39-22-20-28)36(44)30-12-11-26-7-5-6-8-29(26)23-30/h5-10,13-18,24,28,30,35,39H,11-12,19-23H2,1-4H3,(H2,40,41,45). The third kappa shape index (κ3) is 7.04. The van der Waals surface area contributed by atoms with Crippen molar-refractivity contribution in [1.29, 1.82) is 0 Å². The highest BCUT2D eigenvalue weighted by molar-refractivity contribution is 5.99. The van der Waals surface area contributed by atoms with Gasteiger partial charge in [0.15, 0.2) is 0 Å². The van der Waals surface area contributed by atoms with Crippen LogP contribution in [0.4, 0.5) is 16.3 Å². The fraction of sp³-hybridized carbons (Fsp3) is 0.395. The van der Waals surface area contributed by atoms with E-state index >= 15 is 0 Å². The van der Waals surface area contributed by atoms with Crippen LogP contribution >= 0.6 is 0 Å². The zero-order valence-corrected chi connectivity index (χ0v) is 26.9. The fourth-order valence-corrected chi connectivity index (χ4v) is 6.81. The molecule has 45 heavy (non-hydrogen) atoms. The van der Waals surface area contributed by atoms with Crippen molar-refractivity contribution >= 4 is 23.3 Å². The lowest BCUT2D eigenvalue weighted by atomic mass is 9.71. The Morgan fingerprint density at radius 3 is 2.27 bits per heavy atom. The molecule has 0 bridgehead atoms. The number of Topliss-reactive ketones (excluding diaryl/α,β-unsaturated/α-hetero) is 1. The quantitative estimate of drug-likeness (QED) is 0.203. The number of hydrogen-bond acceptors (Lipinski definition) is 4. The average molecular weight is 604 g/mol. The zero-order valence-electron chi connectivity index (χ0n) is 26.9. The van der Waals surface area contributed by atoms with E-state index in [4.69, 9.17) is 5.10 Å². The summed E-state index contributed by atoms with van der Waals surface area (Å²) >= 11 is 0. The first-order valence-corrected chi connectivity index (χ1v) is 16.3. The number of hydrogen-bond donors (Lipinski definition) is 3. The summed E-state index contributed by atoms with van der Waals surface area (Å²) in [6.45, 7) is 10.3. The van der Waals surface area contributed by atoms with Crippen LogP contribution in [0.5, 0.6) is 0 Å². The Labute approximate surface area is 266 Å². The Bertz CT molecular complexity index is 1640. The molecule has 0 spiro atoms. The van der Waals surface area contributed by atoms with E-state index in [-0.39, 0.29) is 23.3 Å². The molecular weight excluding hydrogens is 558 g/mol. The number of ketones is 1. The van der Waals surface area contributed by atoms with E-state index < -0.39 is 0 Å². The van der Waals surface area contributed by atoms with Crippen LogP contribution < -0.4 is 16.0 Å². The summed E-state index contributed by atoms with van der Waals surface area (Å²) in [6, 6.07) is 26.1. The van der Waals surface area contributed by atoms with Gasteiger partial charge in [0.25, 0.3) is 0 Å². The van der Waals surface area contributed by atoms with E-state index in [1.54, 1.807) is 4.68 Å². The van der Waals surface area contributed by atoms with Crippen molar-refractivity contribution in [3.8, 4) is 5.69 Å². The maximum Gasteiger partial charge on any atom is 0.324 e. The molecule has 2 heterocycles. The third-order valence-corrected chi connectivity index (χ3v) is 9.44. The summed E-state index contributed by atoms with van der Waals surface area (Å²) < 4.78 is 1.78. The molecule has 234 valence electrons. The highest BCUT2D eigenvalue weighted by Crippen LogP contribution is 2.38. The SMILES string of the molecule is Cc1ccc(-n2nc(C(C)(C)C)cc2NC(=O)Nc2ccc(C(C(=O)C3CCc4ccccc4C3)C3CCNCC3)cc2)cc1. The molecule has 1 aromatic heterocycles. The number of rotatable bonds is 7. The van der Waals surface area contributed by atoms with Crippen molar-refractivity contribution in [3.63, 3.8) is 0 Å². The van der Waals surface area contributed by atoms with Crippen LogP contribution in [-0.4, -0.2) is 34.7 Å². The smallest absolute Gasteiger partial charge is 0.317 e. The Kier molecular flexibility index (Phi) is 8.90. The number of anilines is 2. The van der Waals surface area contributed by atoms with Crippen molar-refractivity contribution < 1.29 is 9.59 Å². The van der Waals surface area contributed by atoms with Crippen LogP contribution in [0.2, 0.25) is 0 Å². The Balaban J connectivity index is 1.19. The lowest BCUT2D eigenvalue weighted by Crippen LogP contribution is -2.37. The predicted octanol–water partition coefficient (Wildman–Crippen LogP) is 7.58. The fourth-order valence-electron chi connectivity index (χ4n) is 6.81. The molecule has 3 N–H and O–H groups in total. The molecule has 1 fully saturated rings. The Morgan fingerprint density at radius 1 is 0.889 bits per heavy atom. The molecule has 2 unspecified atom stereocenters. The number of urea groups is 1. The number of carbonyl (C=O) groups is 2. The molecule has 0 saturated carbocycles. The van der Waals surface area contributed by atoms with Crippen LogP contribution in [0.3, 0.4) is 0 Å². The van der Waals surface area contributed by atoms with Crippen molar-refractivity contribution in [2.45, 2.75) is 71.1 Å². The first-order valence-electron chi connectivity index (χ1n) is 16.3. The third-order valence-electron chi connectivity index (χ3n) is 9.44. The second-order valence-corrected chi connectivity index (χ2v) is 13.8. The van der Waals surface area contributed by atoms with Crippen molar-refractivity contribution in [2.24, 2.45) is 11.8 Å². The second kappa shape index (κ2) is 13.0. The number of nitrogens with zero attached hydrogens (tertiary/aromatic N) is 2. The minimum atomic E-state index is -0.344. The van der Waals surface area contributed by atoms with Gasteiger partial charge in [-0.3, -0.25) is 10.1 Å². The molecule has 1 aliphatic heterocycles. The summed E-state index contributed by atoms with van der Waals surface area (Å²) in [7, 11) is 0. The largest absolute Gasteiger partial charge is 0.324 e. The minimum absolute atomic E-state index is 0.0414. The molecule has 1 saturated heterocycles. The molecule has 3 aromatic carbocycles. The number of aryl methyl sites for hydroxylation is 2. The predicted molar refractivity (Wildman–Crippen MR) is 181 cm³/mol. The van der Waals surface area contributed by atoms with Gasteiger partial charge < -0.3 is 10.6 Å². The van der Waals surface area contributed by atoms with Gasteiger partial charge in [-0.05, 0) is 99.0 Å². The van der Waals surface area contributed by atoms with Gasteiger partial charge >= 0.3 is 6.03 Å². The molecule has 2 atom stereocenters. The normalized spacial score (nSPS) is 17.7. The maximum atomic E-state index is 14.2. The Hall–Kier alpha value is -4.23. The summed E-state index contributed by atoms with van der Waals surface area (Å²) in [5, 5.41) is 14.3. The zero-order chi connectivity index (χ0) is 31.6. The van der Waals surface area contributed by atoms with Crippen molar-refractivity contribution in [3.05, 3.63) is 107 Å². The molecule has 7 nitrogen and oxygen atoms in total. The lowest BCUT2D eigenvalue weighted by Gasteiger charge is -2.34. The van der Waals surface area contributed by atoms with Crippen molar-refractivity contribution in [2.75, 3.05) is 23.7 Å². The van der Waals surface area contributed by atoms with Gasteiger partial charge in [-0.2, -0.15) is 5.10 Å². The number of amides is 2.